The Morgan fingerprint density at radius 1 is 0.722 bits per heavy atom. The zero-order chi connectivity index (χ0) is 26.7. The van der Waals surface area contributed by atoms with Crippen LogP contribution in [-0.4, -0.2) is 19.1 Å². The molecule has 0 bridgehead atoms. The molecule has 0 aromatic carbocycles. The molecule has 0 fully saturated rings. The van der Waals surface area contributed by atoms with E-state index in [0.717, 1.165) is 38.5 Å². The summed E-state index contributed by atoms with van der Waals surface area (Å²) >= 11 is 0. The zero-order valence-electron chi connectivity index (χ0n) is 21.6. The molecule has 2 aromatic rings. The molecule has 0 radical (unpaired) electrons. The molecule has 2 atom stereocenters. The number of hydrogen-bond donors (Lipinski definition) is 2. The fourth-order valence-electron chi connectivity index (χ4n) is 3.80. The van der Waals surface area contributed by atoms with Crippen molar-refractivity contribution in [3.05, 3.63) is 65.2 Å². The largest absolute Gasteiger partial charge is 0.701 e. The number of rotatable bonds is 16. The first kappa shape index (κ1) is 29.6. The van der Waals surface area contributed by atoms with Crippen LogP contribution in [0, 0.1) is 13.8 Å². The molecule has 2 aromatic heterocycles. The molecular weight excluding hydrogens is 487 g/mol. The lowest BCUT2D eigenvalue weighted by molar-refractivity contribution is 0.0518. The first-order valence-corrected chi connectivity index (χ1v) is 13.7. The summed E-state index contributed by atoms with van der Waals surface area (Å²) in [5.74, 6) is 0. The average molecular weight is 526 g/mol. The Bertz CT molecular complexity index is 1140. The summed E-state index contributed by atoms with van der Waals surface area (Å²) < 4.78 is 26.9. The number of unbranched alkanes of at least 4 members (excludes halogenated alkanes) is 6. The first-order valence-electron chi connectivity index (χ1n) is 12.6. The molecule has 36 heavy (non-hydrogen) atoms. The van der Waals surface area contributed by atoms with E-state index in [9.17, 15) is 23.7 Å². The van der Waals surface area contributed by atoms with Crippen molar-refractivity contribution in [2.75, 3.05) is 0 Å². The van der Waals surface area contributed by atoms with E-state index in [4.69, 9.17) is 9.05 Å². The van der Waals surface area contributed by atoms with Crippen molar-refractivity contribution >= 4 is 8.25 Å². The van der Waals surface area contributed by atoms with Gasteiger partial charge in [0.2, 0.25) is 0 Å². The van der Waals surface area contributed by atoms with Crippen LogP contribution in [0.4, 0.5) is 0 Å². The van der Waals surface area contributed by atoms with Gasteiger partial charge in [-0.15, -0.1) is 0 Å². The van der Waals surface area contributed by atoms with E-state index >= 15 is 0 Å². The lowest BCUT2D eigenvalue weighted by atomic mass is 10.1. The van der Waals surface area contributed by atoms with Crippen LogP contribution in [0.3, 0.4) is 0 Å². The number of nitrogens with zero attached hydrogens (tertiary/aromatic N) is 2. The van der Waals surface area contributed by atoms with Gasteiger partial charge in [-0.25, -0.2) is 9.59 Å². The Hall–Kier alpha value is -2.62. The van der Waals surface area contributed by atoms with Gasteiger partial charge in [-0.05, 0) is 39.5 Å². The topological polar surface area (TPSA) is 145 Å². The molecule has 200 valence electrons. The summed E-state index contributed by atoms with van der Waals surface area (Å²) in [6.45, 7) is 7.29. The summed E-state index contributed by atoms with van der Waals surface area (Å²) in [4.78, 5) is 53.1. The van der Waals surface area contributed by atoms with Crippen molar-refractivity contribution in [3.8, 4) is 0 Å². The van der Waals surface area contributed by atoms with Crippen LogP contribution in [0.2, 0.25) is 0 Å². The molecule has 2 unspecified atom stereocenters. The predicted molar refractivity (Wildman–Crippen MR) is 137 cm³/mol. The number of H-pyrrole nitrogens is 2. The third-order valence-electron chi connectivity index (χ3n) is 5.94. The second-order valence-electron chi connectivity index (χ2n) is 9.00. The molecule has 0 spiro atoms. The lowest BCUT2D eigenvalue weighted by Gasteiger charge is -2.17. The van der Waals surface area contributed by atoms with Crippen molar-refractivity contribution in [2.24, 2.45) is 0 Å². The Morgan fingerprint density at radius 2 is 1.11 bits per heavy atom. The van der Waals surface area contributed by atoms with E-state index in [-0.39, 0.29) is 0 Å². The molecule has 0 aliphatic rings. The van der Waals surface area contributed by atoms with Crippen LogP contribution in [0.5, 0.6) is 0 Å². The van der Waals surface area contributed by atoms with E-state index in [1.54, 1.807) is 13.8 Å². The number of aromatic amines is 2. The van der Waals surface area contributed by atoms with Gasteiger partial charge < -0.3 is 0 Å². The summed E-state index contributed by atoms with van der Waals surface area (Å²) in [5.41, 5.74) is -1.70. The van der Waals surface area contributed by atoms with E-state index < -0.39 is 43.2 Å². The van der Waals surface area contributed by atoms with Gasteiger partial charge in [0.05, 0.1) is 0 Å². The number of hydrogen-bond acceptors (Lipinski definition) is 7. The van der Waals surface area contributed by atoms with Crippen molar-refractivity contribution in [2.45, 2.75) is 104 Å². The second kappa shape index (κ2) is 14.8. The lowest BCUT2D eigenvalue weighted by Crippen LogP contribution is -2.34. The van der Waals surface area contributed by atoms with E-state index in [1.165, 1.54) is 21.5 Å². The van der Waals surface area contributed by atoms with Crippen LogP contribution in [0.15, 0.2) is 31.6 Å². The maximum atomic E-state index is 13.0. The number of aromatic nitrogens is 4. The van der Waals surface area contributed by atoms with E-state index in [0.29, 0.717) is 36.8 Å². The zero-order valence-corrected chi connectivity index (χ0v) is 22.5. The van der Waals surface area contributed by atoms with E-state index in [2.05, 4.69) is 23.8 Å². The predicted octanol–water partition coefficient (Wildman–Crippen LogP) is 4.33. The quantitative estimate of drug-likeness (QED) is 0.245. The van der Waals surface area contributed by atoms with Gasteiger partial charge >= 0.3 is 19.6 Å². The molecule has 0 saturated carbocycles. The van der Waals surface area contributed by atoms with Gasteiger partial charge in [0.25, 0.3) is 11.1 Å². The van der Waals surface area contributed by atoms with Crippen molar-refractivity contribution in [3.63, 3.8) is 0 Å². The highest BCUT2D eigenvalue weighted by Crippen LogP contribution is 2.37. The Morgan fingerprint density at radius 3 is 1.47 bits per heavy atom. The van der Waals surface area contributed by atoms with Gasteiger partial charge in [-0.2, -0.15) is 0 Å². The van der Waals surface area contributed by atoms with Gasteiger partial charge in [-0.1, -0.05) is 61.4 Å². The summed E-state index contributed by atoms with van der Waals surface area (Å²) in [5, 5.41) is 0. The van der Waals surface area contributed by atoms with Crippen molar-refractivity contribution < 1.29 is 13.6 Å². The van der Waals surface area contributed by atoms with Crippen LogP contribution >= 0.6 is 8.25 Å². The number of aryl methyl sites for hydroxylation is 2. The maximum Gasteiger partial charge on any atom is 0.701 e. The first-order chi connectivity index (χ1) is 17.2. The maximum absolute atomic E-state index is 13.0. The smallest absolute Gasteiger partial charge is 0.274 e. The highest BCUT2D eigenvalue weighted by atomic mass is 31.1. The van der Waals surface area contributed by atoms with Gasteiger partial charge in [0.1, 0.15) is 0 Å². The number of nitrogens with one attached hydrogen (secondary N) is 2. The minimum Gasteiger partial charge on any atom is -0.274 e. The highest BCUT2D eigenvalue weighted by molar-refractivity contribution is 7.33. The Labute approximate surface area is 210 Å². The molecule has 2 heterocycles. The normalized spacial score (nSPS) is 13.5. The summed E-state index contributed by atoms with van der Waals surface area (Å²) in [6.07, 6.45) is 8.95. The highest BCUT2D eigenvalue weighted by Gasteiger charge is 2.34. The SMILES string of the molecule is CCCCCCC(O[P+](=O)OC(CCCCCC)n1cc(C)c(=O)[nH]c1=O)n1cc(C)c(=O)[nH]c1=O. The monoisotopic (exact) mass is 525 g/mol. The Balaban J connectivity index is 2.28. The van der Waals surface area contributed by atoms with Crippen LogP contribution in [-0.2, 0) is 13.6 Å². The molecule has 0 aliphatic heterocycles. The molecule has 0 saturated heterocycles. The summed E-state index contributed by atoms with van der Waals surface area (Å²) in [7, 11) is -2.77. The fourth-order valence-corrected chi connectivity index (χ4v) is 4.66. The average Bonchev–Trinajstić information content (AvgIpc) is 2.83. The molecule has 2 N–H and O–H groups in total. The third kappa shape index (κ3) is 8.80. The minimum atomic E-state index is -2.77. The molecule has 12 heteroatoms. The van der Waals surface area contributed by atoms with Gasteiger partial charge in [-0.3, -0.25) is 28.7 Å². The minimum absolute atomic E-state index is 0.317. The van der Waals surface area contributed by atoms with Crippen LogP contribution < -0.4 is 22.5 Å². The molecule has 0 aliphatic carbocycles. The van der Waals surface area contributed by atoms with Gasteiger partial charge in [0.15, 0.2) is 12.5 Å². The van der Waals surface area contributed by atoms with Crippen LogP contribution in [0.25, 0.3) is 0 Å². The molecule has 2 rings (SSSR count). The fraction of sp³-hybridized carbons (Fsp3) is 0.667. The molecule has 11 nitrogen and oxygen atoms in total. The van der Waals surface area contributed by atoms with Crippen molar-refractivity contribution in [1.82, 2.24) is 19.1 Å². The Kier molecular flexibility index (Phi) is 12.2. The standard InChI is InChI=1S/C24H37N4O7P/c1-5-7-9-11-13-19(27-15-17(3)21(29)25-23(27)31)34-36(33)35-20(14-12-10-8-6-2)28-16-18(4)22(30)26-24(28)32/h15-16,19-20H,5-14H2,1-4H3,(H-,25,26,29,30,31,32)/p+1. The van der Waals surface area contributed by atoms with Crippen molar-refractivity contribution in [1.29, 1.82) is 0 Å². The van der Waals surface area contributed by atoms with Gasteiger partial charge in [0, 0.05) is 28.1 Å². The van der Waals surface area contributed by atoms with E-state index in [1.807, 2.05) is 0 Å². The molecular formula is C24H38N4O7P+. The van der Waals surface area contributed by atoms with Crippen LogP contribution in [0.1, 0.15) is 102 Å². The second-order valence-corrected chi connectivity index (χ2v) is 9.87. The summed E-state index contributed by atoms with van der Waals surface area (Å²) in [6, 6.07) is 0. The molecule has 0 amide bonds. The third-order valence-corrected chi connectivity index (χ3v) is 6.77.